The molecule has 1 fully saturated rings. The molecule has 2 aromatic rings. The molecule has 0 bridgehead atoms. The number of piperidine rings is 1. The van der Waals surface area contributed by atoms with E-state index in [1.165, 1.54) is 28.8 Å². The number of nitrogens with zero attached hydrogens (tertiary/aromatic N) is 2. The fourth-order valence-electron chi connectivity index (χ4n) is 2.74. The van der Waals surface area contributed by atoms with Gasteiger partial charge in [0.2, 0.25) is 20.0 Å². The fourth-order valence-corrected chi connectivity index (χ4v) is 6.82. The van der Waals surface area contributed by atoms with Crippen LogP contribution >= 0.6 is 22.9 Å². The third kappa shape index (κ3) is 4.44. The lowest BCUT2D eigenvalue weighted by molar-refractivity contribution is 0.274. The van der Waals surface area contributed by atoms with Crippen LogP contribution in [0.5, 0.6) is 0 Å². The number of sulfonamides is 2. The van der Waals surface area contributed by atoms with Gasteiger partial charge in [-0.25, -0.2) is 21.6 Å². The Hall–Kier alpha value is -1.04. The van der Waals surface area contributed by atoms with Gasteiger partial charge in [0.25, 0.3) is 0 Å². The molecule has 3 rings (SSSR count). The number of rotatable bonds is 6. The van der Waals surface area contributed by atoms with Crippen LogP contribution in [-0.2, 0) is 20.0 Å². The molecule has 0 aliphatic carbocycles. The van der Waals surface area contributed by atoms with Gasteiger partial charge in [0.15, 0.2) is 0 Å². The molecule has 0 radical (unpaired) electrons. The van der Waals surface area contributed by atoms with E-state index in [0.29, 0.717) is 30.3 Å². The highest BCUT2D eigenvalue weighted by molar-refractivity contribution is 7.91. The summed E-state index contributed by atoms with van der Waals surface area (Å²) < 4.78 is 54.2. The zero-order chi connectivity index (χ0) is 18.8. The van der Waals surface area contributed by atoms with E-state index in [1.807, 2.05) is 0 Å². The van der Waals surface area contributed by atoms with Gasteiger partial charge < -0.3 is 0 Å². The lowest BCUT2D eigenvalue weighted by atomic mass is 9.99. The molecule has 2 aromatic heterocycles. The van der Waals surface area contributed by atoms with Crippen molar-refractivity contribution < 1.29 is 16.8 Å². The van der Waals surface area contributed by atoms with Crippen LogP contribution in [0.15, 0.2) is 45.8 Å². The highest BCUT2D eigenvalue weighted by atomic mass is 35.5. The summed E-state index contributed by atoms with van der Waals surface area (Å²) in [6, 6.07) is 6.13. The third-order valence-corrected chi connectivity index (χ3v) is 9.25. The second-order valence-electron chi connectivity index (χ2n) is 5.95. The Morgan fingerprint density at radius 1 is 1.19 bits per heavy atom. The summed E-state index contributed by atoms with van der Waals surface area (Å²) in [5.41, 5.74) is 0. The number of halogens is 1. The number of thiophene rings is 1. The molecule has 1 saturated heterocycles. The molecule has 0 spiro atoms. The maximum absolute atomic E-state index is 12.6. The molecule has 0 atom stereocenters. The quantitative estimate of drug-likeness (QED) is 0.750. The Bertz CT molecular complexity index is 953. The van der Waals surface area contributed by atoms with Crippen LogP contribution in [0.2, 0.25) is 4.34 Å². The molecule has 26 heavy (non-hydrogen) atoms. The first kappa shape index (κ1) is 19.7. The molecule has 0 aromatic carbocycles. The Labute approximate surface area is 162 Å². The zero-order valence-corrected chi connectivity index (χ0v) is 16.9. The molecule has 3 heterocycles. The van der Waals surface area contributed by atoms with Crippen molar-refractivity contribution in [3.63, 3.8) is 0 Å². The summed E-state index contributed by atoms with van der Waals surface area (Å²) in [7, 11) is -7.13. The Balaban J connectivity index is 1.56. The minimum atomic E-state index is -3.58. The second kappa shape index (κ2) is 7.91. The van der Waals surface area contributed by atoms with Crippen molar-refractivity contribution in [3.8, 4) is 0 Å². The average molecular weight is 436 g/mol. The van der Waals surface area contributed by atoms with E-state index < -0.39 is 20.0 Å². The first-order chi connectivity index (χ1) is 12.3. The zero-order valence-electron chi connectivity index (χ0n) is 13.7. The molecule has 7 nitrogen and oxygen atoms in total. The Morgan fingerprint density at radius 2 is 1.92 bits per heavy atom. The minimum Gasteiger partial charge on any atom is -0.263 e. The lowest BCUT2D eigenvalue weighted by Crippen LogP contribution is -2.41. The van der Waals surface area contributed by atoms with Crippen LogP contribution < -0.4 is 4.72 Å². The molecule has 1 aliphatic heterocycles. The summed E-state index contributed by atoms with van der Waals surface area (Å²) >= 11 is 6.79. The second-order valence-corrected chi connectivity index (χ2v) is 11.6. The van der Waals surface area contributed by atoms with Gasteiger partial charge in [0.05, 0.1) is 4.34 Å². The third-order valence-electron chi connectivity index (χ3n) is 4.22. The summed E-state index contributed by atoms with van der Waals surface area (Å²) in [5.74, 6) is 0.0838. The van der Waals surface area contributed by atoms with Crippen LogP contribution in [0, 0.1) is 5.92 Å². The molecule has 11 heteroatoms. The van der Waals surface area contributed by atoms with Gasteiger partial charge in [0.1, 0.15) is 9.10 Å². The molecule has 0 amide bonds. The molecular formula is C15H18ClN3O4S3. The van der Waals surface area contributed by atoms with E-state index in [9.17, 15) is 16.8 Å². The number of hydrogen-bond acceptors (Lipinski definition) is 6. The van der Waals surface area contributed by atoms with Gasteiger partial charge in [0, 0.05) is 32.0 Å². The van der Waals surface area contributed by atoms with Gasteiger partial charge in [-0.15, -0.1) is 11.3 Å². The van der Waals surface area contributed by atoms with Crippen LogP contribution in [-0.4, -0.2) is 45.8 Å². The smallest absolute Gasteiger partial charge is 0.250 e. The largest absolute Gasteiger partial charge is 0.263 e. The van der Waals surface area contributed by atoms with Gasteiger partial charge in [-0.2, -0.15) is 4.31 Å². The van der Waals surface area contributed by atoms with Crippen LogP contribution in [0.4, 0.5) is 0 Å². The summed E-state index contributed by atoms with van der Waals surface area (Å²) in [6.07, 6.45) is 4.04. The molecule has 1 N–H and O–H groups in total. The SMILES string of the molecule is O=S(=O)(NCC1CCN(S(=O)(=O)c2cccnc2)CC1)c1ccc(Cl)s1. The maximum atomic E-state index is 12.6. The van der Waals surface area contributed by atoms with Crippen molar-refractivity contribution in [1.82, 2.24) is 14.0 Å². The van der Waals surface area contributed by atoms with E-state index in [1.54, 1.807) is 12.1 Å². The summed E-state index contributed by atoms with van der Waals surface area (Å²) in [5, 5.41) is 0. The molecule has 142 valence electrons. The highest BCUT2D eigenvalue weighted by Gasteiger charge is 2.30. The first-order valence-corrected chi connectivity index (χ1v) is 12.1. The van der Waals surface area contributed by atoms with Crippen LogP contribution in [0.1, 0.15) is 12.8 Å². The molecular weight excluding hydrogens is 418 g/mol. The van der Waals surface area contributed by atoms with Gasteiger partial charge in [-0.1, -0.05) is 11.6 Å². The summed E-state index contributed by atoms with van der Waals surface area (Å²) in [4.78, 5) is 4.03. The molecule has 0 unspecified atom stereocenters. The number of pyridine rings is 1. The Morgan fingerprint density at radius 3 is 2.50 bits per heavy atom. The van der Waals surface area contributed by atoms with Crippen molar-refractivity contribution in [2.75, 3.05) is 19.6 Å². The standard InChI is InChI=1S/C15H18ClN3O4S3/c16-14-3-4-15(24-14)25(20,21)18-10-12-5-8-19(9-6-12)26(22,23)13-2-1-7-17-11-13/h1-4,7,11-12,18H,5-6,8-10H2. The summed E-state index contributed by atoms with van der Waals surface area (Å²) in [6.45, 7) is 0.988. The van der Waals surface area contributed by atoms with E-state index >= 15 is 0 Å². The predicted octanol–water partition coefficient (Wildman–Crippen LogP) is 2.18. The number of hydrogen-bond donors (Lipinski definition) is 1. The van der Waals surface area contributed by atoms with E-state index in [-0.39, 0.29) is 21.6 Å². The minimum absolute atomic E-state index is 0.0838. The topological polar surface area (TPSA) is 96.4 Å². The molecule has 1 aliphatic rings. The van der Waals surface area contributed by atoms with E-state index in [4.69, 9.17) is 11.6 Å². The number of aromatic nitrogens is 1. The lowest BCUT2D eigenvalue weighted by Gasteiger charge is -2.31. The highest BCUT2D eigenvalue weighted by Crippen LogP contribution is 2.26. The van der Waals surface area contributed by atoms with Crippen molar-refractivity contribution in [1.29, 1.82) is 0 Å². The first-order valence-electron chi connectivity index (χ1n) is 7.94. The maximum Gasteiger partial charge on any atom is 0.250 e. The number of nitrogens with one attached hydrogen (secondary N) is 1. The van der Waals surface area contributed by atoms with Crippen molar-refractivity contribution in [3.05, 3.63) is 41.0 Å². The van der Waals surface area contributed by atoms with Gasteiger partial charge in [-0.05, 0) is 43.0 Å². The Kier molecular flexibility index (Phi) is 6.00. The van der Waals surface area contributed by atoms with Crippen molar-refractivity contribution >= 4 is 43.0 Å². The van der Waals surface area contributed by atoms with Crippen molar-refractivity contribution in [2.45, 2.75) is 21.9 Å². The van der Waals surface area contributed by atoms with E-state index in [0.717, 1.165) is 11.3 Å². The van der Waals surface area contributed by atoms with Crippen LogP contribution in [0.25, 0.3) is 0 Å². The van der Waals surface area contributed by atoms with Gasteiger partial charge in [-0.3, -0.25) is 4.98 Å². The predicted molar refractivity (Wildman–Crippen MR) is 100 cm³/mol. The average Bonchev–Trinajstić information content (AvgIpc) is 3.09. The van der Waals surface area contributed by atoms with Gasteiger partial charge >= 0.3 is 0 Å². The van der Waals surface area contributed by atoms with Crippen molar-refractivity contribution in [2.24, 2.45) is 5.92 Å². The fraction of sp³-hybridized carbons (Fsp3) is 0.400. The molecule has 0 saturated carbocycles. The monoisotopic (exact) mass is 435 g/mol. The van der Waals surface area contributed by atoms with Crippen LogP contribution in [0.3, 0.4) is 0 Å². The van der Waals surface area contributed by atoms with E-state index in [2.05, 4.69) is 9.71 Å². The normalized spacial score (nSPS) is 17.4.